The van der Waals surface area contributed by atoms with Gasteiger partial charge in [0.05, 0.1) is 41.3 Å². The molecule has 7 aromatic rings. The van der Waals surface area contributed by atoms with Crippen molar-refractivity contribution in [3.63, 3.8) is 0 Å². The summed E-state index contributed by atoms with van der Waals surface area (Å²) >= 11 is 0. The lowest BCUT2D eigenvalue weighted by Crippen LogP contribution is -2.54. The molecular formula is C48H48N8O6. The standard InChI is InChI=1S/C48H48N8O6/c1-25(2)38(54-48(61)62-3)46(58)56-32-16-11-31(24-32)42(56)44-50-36-20-15-30-23-28(13-18-34(30)41(36)52-44)27-12-17-33-29(22-27)14-19-35-40(33)51-43(49-35)37-10-7-21-55(37)45(57)39(53-47(59)60)26-8-5-4-6-9-26/h4-6,8-9,12-15,17-20,22-23,25,31-32,37-39,42,53H,7,10-11,16,21,24H2,1-3H3,(H,49,51)(H,50,52)(H,54,61)(H,59,60)/t31-,32+,37+,38+,39-,42+/m1/s1. The number of ether oxygens (including phenoxy) is 1. The first kappa shape index (κ1) is 39.2. The van der Waals surface area contributed by atoms with Gasteiger partial charge in [-0.05, 0) is 95.7 Å². The molecule has 5 aromatic carbocycles. The van der Waals surface area contributed by atoms with Gasteiger partial charge in [-0.25, -0.2) is 19.6 Å². The average molecular weight is 833 g/mol. The molecule has 3 fully saturated rings. The second-order valence-corrected chi connectivity index (χ2v) is 17.3. The molecule has 4 amide bonds. The summed E-state index contributed by atoms with van der Waals surface area (Å²) in [6.07, 6.45) is 2.51. The van der Waals surface area contributed by atoms with Crippen LogP contribution in [-0.2, 0) is 14.3 Å². The van der Waals surface area contributed by atoms with Crippen LogP contribution in [0, 0.1) is 11.8 Å². The van der Waals surface area contributed by atoms with E-state index in [0.29, 0.717) is 24.4 Å². The lowest BCUT2D eigenvalue weighted by Gasteiger charge is -2.37. The van der Waals surface area contributed by atoms with Crippen LogP contribution in [0.5, 0.6) is 0 Å². The SMILES string of the molecule is COC(=O)N[C@H](C(=O)N1[C@H]2CC[C@H](C2)[C@H]1c1nc2c(ccc3cc(-c4ccc5c(ccc6[nH]c([C@@H]7CCCN7C(=O)[C@H](NC(=O)O)c7ccccc7)nc65)c4)ccc32)[nH]1)C(C)C. The minimum absolute atomic E-state index is 0.0988. The fourth-order valence-electron chi connectivity index (χ4n) is 10.4. The maximum absolute atomic E-state index is 14.1. The quantitative estimate of drug-likeness (QED) is 0.0958. The van der Waals surface area contributed by atoms with Crippen LogP contribution in [0.3, 0.4) is 0 Å². The Bertz CT molecular complexity index is 2910. The molecule has 2 bridgehead atoms. The first-order chi connectivity index (χ1) is 30.1. The molecule has 1 saturated carbocycles. The molecule has 62 heavy (non-hydrogen) atoms. The molecular weight excluding hydrogens is 785 g/mol. The number of alkyl carbamates (subject to hydrolysis) is 1. The Labute approximate surface area is 357 Å². The highest BCUT2D eigenvalue weighted by Gasteiger charge is 2.51. The Hall–Kier alpha value is -6.96. The number of hydrogen-bond donors (Lipinski definition) is 5. The van der Waals surface area contributed by atoms with Gasteiger partial charge in [-0.1, -0.05) is 80.6 Å². The molecule has 14 nitrogen and oxygen atoms in total. The Morgan fingerprint density at radius 1 is 0.774 bits per heavy atom. The van der Waals surface area contributed by atoms with Gasteiger partial charge < -0.3 is 40.2 Å². The molecule has 2 saturated heterocycles. The number of amides is 4. The van der Waals surface area contributed by atoms with E-state index in [9.17, 15) is 24.3 Å². The molecule has 0 spiro atoms. The number of aromatic nitrogens is 4. The number of methoxy groups -OCH3 is 1. The zero-order chi connectivity index (χ0) is 42.8. The Morgan fingerprint density at radius 2 is 1.42 bits per heavy atom. The number of rotatable bonds is 9. The van der Waals surface area contributed by atoms with Crippen LogP contribution in [0.4, 0.5) is 9.59 Å². The maximum Gasteiger partial charge on any atom is 0.407 e. The molecule has 10 rings (SSSR count). The Morgan fingerprint density at radius 3 is 2.05 bits per heavy atom. The van der Waals surface area contributed by atoms with Gasteiger partial charge in [0, 0.05) is 23.4 Å². The van der Waals surface area contributed by atoms with E-state index >= 15 is 0 Å². The molecule has 4 heterocycles. The number of aromatic amines is 2. The van der Waals surface area contributed by atoms with Gasteiger partial charge in [0.1, 0.15) is 23.7 Å². The topological polar surface area (TPSA) is 186 Å². The van der Waals surface area contributed by atoms with Gasteiger partial charge in [0.15, 0.2) is 0 Å². The zero-order valence-electron chi connectivity index (χ0n) is 34.7. The number of nitrogens with zero attached hydrogens (tertiary/aromatic N) is 4. The Kier molecular flexibility index (Phi) is 9.80. The van der Waals surface area contributed by atoms with Crippen molar-refractivity contribution in [3.05, 3.63) is 108 Å². The van der Waals surface area contributed by atoms with Crippen LogP contribution in [0.2, 0.25) is 0 Å². The number of fused-ring (bicyclic) bond motifs is 8. The first-order valence-corrected chi connectivity index (χ1v) is 21.4. The van der Waals surface area contributed by atoms with Crippen molar-refractivity contribution in [3.8, 4) is 11.1 Å². The smallest absolute Gasteiger partial charge is 0.407 e. The zero-order valence-corrected chi connectivity index (χ0v) is 34.7. The van der Waals surface area contributed by atoms with Crippen LogP contribution < -0.4 is 10.6 Å². The Balaban J connectivity index is 0.923. The first-order valence-electron chi connectivity index (χ1n) is 21.4. The van der Waals surface area contributed by atoms with E-state index in [2.05, 4.69) is 75.2 Å². The third-order valence-corrected chi connectivity index (χ3v) is 13.3. The number of hydrogen-bond acceptors (Lipinski definition) is 7. The minimum Gasteiger partial charge on any atom is -0.465 e. The molecule has 2 aliphatic heterocycles. The second-order valence-electron chi connectivity index (χ2n) is 17.3. The lowest BCUT2D eigenvalue weighted by atomic mass is 9.95. The molecule has 14 heteroatoms. The van der Waals surface area contributed by atoms with E-state index < -0.39 is 24.3 Å². The molecule has 316 valence electrons. The van der Waals surface area contributed by atoms with Crippen LogP contribution in [-0.4, -0.2) is 84.6 Å². The number of carbonyl (C=O) groups is 4. The maximum atomic E-state index is 14.1. The van der Waals surface area contributed by atoms with Crippen molar-refractivity contribution in [2.45, 2.75) is 76.2 Å². The van der Waals surface area contributed by atoms with E-state index in [1.807, 2.05) is 30.9 Å². The summed E-state index contributed by atoms with van der Waals surface area (Å²) in [5, 5.41) is 18.9. The van der Waals surface area contributed by atoms with Crippen LogP contribution in [0.1, 0.15) is 81.3 Å². The highest BCUT2D eigenvalue weighted by atomic mass is 16.5. The number of H-pyrrole nitrogens is 2. The number of carboxylic acid groups (broad SMARTS) is 1. The number of carbonyl (C=O) groups excluding carboxylic acids is 3. The van der Waals surface area contributed by atoms with Crippen molar-refractivity contribution in [2.75, 3.05) is 13.7 Å². The summed E-state index contributed by atoms with van der Waals surface area (Å²) in [7, 11) is 1.31. The second kappa shape index (κ2) is 15.5. The highest BCUT2D eigenvalue weighted by Crippen LogP contribution is 2.50. The molecule has 6 atom stereocenters. The van der Waals surface area contributed by atoms with Gasteiger partial charge in [0.2, 0.25) is 5.91 Å². The molecule has 0 unspecified atom stereocenters. The molecule has 3 aliphatic rings. The normalized spacial score (nSPS) is 20.7. The lowest BCUT2D eigenvalue weighted by molar-refractivity contribution is -0.139. The van der Waals surface area contributed by atoms with Gasteiger partial charge in [-0.15, -0.1) is 0 Å². The van der Waals surface area contributed by atoms with Crippen LogP contribution in [0.25, 0.3) is 54.7 Å². The van der Waals surface area contributed by atoms with Gasteiger partial charge in [0.25, 0.3) is 5.91 Å². The van der Waals surface area contributed by atoms with Gasteiger partial charge in [-0.3, -0.25) is 9.59 Å². The number of nitrogens with one attached hydrogen (secondary N) is 4. The highest BCUT2D eigenvalue weighted by molar-refractivity contribution is 6.07. The predicted octanol–water partition coefficient (Wildman–Crippen LogP) is 8.52. The minimum atomic E-state index is -1.26. The van der Waals surface area contributed by atoms with E-state index in [4.69, 9.17) is 14.7 Å². The number of benzene rings is 5. The molecule has 2 aromatic heterocycles. The number of imidazole rings is 2. The van der Waals surface area contributed by atoms with Crippen molar-refractivity contribution in [2.24, 2.45) is 11.8 Å². The summed E-state index contributed by atoms with van der Waals surface area (Å²) in [6.45, 7) is 4.37. The largest absolute Gasteiger partial charge is 0.465 e. The van der Waals surface area contributed by atoms with Crippen molar-refractivity contribution in [1.82, 2.24) is 40.4 Å². The monoisotopic (exact) mass is 832 g/mol. The number of piperidine rings is 1. The molecule has 5 N–H and O–H groups in total. The van der Waals surface area contributed by atoms with Crippen LogP contribution >= 0.6 is 0 Å². The average Bonchev–Trinajstić information content (AvgIpc) is 4.14. The third-order valence-electron chi connectivity index (χ3n) is 13.3. The van der Waals surface area contributed by atoms with Crippen molar-refractivity contribution in [1.29, 1.82) is 0 Å². The van der Waals surface area contributed by atoms with Crippen molar-refractivity contribution < 1.29 is 29.0 Å². The summed E-state index contributed by atoms with van der Waals surface area (Å²) in [5.41, 5.74) is 6.16. The van der Waals surface area contributed by atoms with Gasteiger partial charge in [-0.2, -0.15) is 0 Å². The molecule has 0 radical (unpaired) electrons. The summed E-state index contributed by atoms with van der Waals surface area (Å²) < 4.78 is 4.85. The fraction of sp³-hybridized carbons (Fsp3) is 0.333. The van der Waals surface area contributed by atoms with Gasteiger partial charge >= 0.3 is 12.2 Å². The predicted molar refractivity (Wildman–Crippen MR) is 235 cm³/mol. The summed E-state index contributed by atoms with van der Waals surface area (Å²) in [6, 6.07) is 27.9. The summed E-state index contributed by atoms with van der Waals surface area (Å²) in [5.74, 6) is 1.23. The van der Waals surface area contributed by atoms with E-state index in [0.717, 1.165) is 86.2 Å². The number of likely N-dealkylation sites (tertiary alicyclic amines) is 2. The van der Waals surface area contributed by atoms with Crippen molar-refractivity contribution >= 4 is 67.6 Å². The van der Waals surface area contributed by atoms with E-state index in [1.54, 1.807) is 29.2 Å². The third kappa shape index (κ3) is 6.73. The molecule has 1 aliphatic carbocycles. The fourth-order valence-corrected chi connectivity index (χ4v) is 10.4. The van der Waals surface area contributed by atoms with Crippen LogP contribution in [0.15, 0.2) is 91.0 Å². The van der Waals surface area contributed by atoms with E-state index in [-0.39, 0.29) is 41.8 Å². The summed E-state index contributed by atoms with van der Waals surface area (Å²) in [4.78, 5) is 73.0. The van der Waals surface area contributed by atoms with E-state index in [1.165, 1.54) is 7.11 Å².